The van der Waals surface area contributed by atoms with Crippen molar-refractivity contribution in [2.45, 2.75) is 77.5 Å². The summed E-state index contributed by atoms with van der Waals surface area (Å²) in [7, 11) is 1.25. The van der Waals surface area contributed by atoms with Crippen molar-refractivity contribution in [3.63, 3.8) is 0 Å². The standard InChI is InChI=1S/C52H47Cl2N5O9S/c1-29-46(69-50(56-29)58-51(63)68-52(2,3)4)48(61)59-26-37-24-44-43(66-28-45(67-44)35-15-17-38(18-16-35)65-27-32-10-19-39(53)40(54)20-32)23-36(37)22-42(59)47(60)57-41(49(62)64-5)21-30-6-11-33(12-7-30)34-13-8-31(25-55)9-14-34/h6-20,23-24,41-42,45H,21-22,26-28H2,1-5H3,(H,57,60)(H,56,58,63)/t41-,42?,45+/m0/s1. The Hall–Kier alpha value is -7.12. The molecule has 1 unspecified atom stereocenters. The maximum atomic E-state index is 14.7. The number of nitrogens with zero attached hydrogens (tertiary/aromatic N) is 3. The molecule has 354 valence electrons. The Bertz CT molecular complexity index is 2950. The zero-order valence-electron chi connectivity index (χ0n) is 38.3. The van der Waals surface area contributed by atoms with Crippen LogP contribution < -0.4 is 24.8 Å². The number of halogens is 2. The lowest BCUT2D eigenvalue weighted by Crippen LogP contribution is -2.56. The Morgan fingerprint density at radius 3 is 2.25 bits per heavy atom. The average Bonchev–Trinajstić information content (AvgIpc) is 3.70. The Labute approximate surface area is 413 Å². The van der Waals surface area contributed by atoms with Gasteiger partial charge in [-0.1, -0.05) is 89.1 Å². The summed E-state index contributed by atoms with van der Waals surface area (Å²) in [6, 6.07) is 31.2. The number of carbonyl (C=O) groups excluding carboxylic acids is 4. The second kappa shape index (κ2) is 20.6. The number of esters is 1. The quantitative estimate of drug-likeness (QED) is 0.112. The van der Waals surface area contributed by atoms with Crippen LogP contribution in [0.5, 0.6) is 17.2 Å². The predicted molar refractivity (Wildman–Crippen MR) is 261 cm³/mol. The largest absolute Gasteiger partial charge is 0.489 e. The summed E-state index contributed by atoms with van der Waals surface area (Å²) >= 11 is 13.2. The Kier molecular flexibility index (Phi) is 14.4. The molecule has 0 spiro atoms. The third kappa shape index (κ3) is 11.6. The molecule has 3 atom stereocenters. The molecule has 17 heteroatoms. The number of nitrogens with one attached hydrogen (secondary N) is 2. The van der Waals surface area contributed by atoms with Crippen molar-refractivity contribution in [3.05, 3.63) is 157 Å². The number of anilines is 1. The van der Waals surface area contributed by atoms with E-state index >= 15 is 0 Å². The number of ether oxygens (including phenoxy) is 5. The van der Waals surface area contributed by atoms with Crippen LogP contribution in [0.25, 0.3) is 11.1 Å². The van der Waals surface area contributed by atoms with Gasteiger partial charge < -0.3 is 33.9 Å². The number of aryl methyl sites for hydroxylation is 1. The van der Waals surface area contributed by atoms with Crippen LogP contribution in [-0.2, 0) is 45.1 Å². The van der Waals surface area contributed by atoms with Crippen molar-refractivity contribution in [1.29, 1.82) is 5.26 Å². The van der Waals surface area contributed by atoms with Gasteiger partial charge in [0, 0.05) is 19.4 Å². The first-order chi connectivity index (χ1) is 33.0. The zero-order chi connectivity index (χ0) is 49.0. The van der Waals surface area contributed by atoms with E-state index in [1.54, 1.807) is 52.0 Å². The van der Waals surface area contributed by atoms with Crippen LogP contribution in [0.15, 0.2) is 103 Å². The molecule has 2 N–H and O–H groups in total. The minimum Gasteiger partial charge on any atom is -0.489 e. The lowest BCUT2D eigenvalue weighted by atomic mass is 9.91. The van der Waals surface area contributed by atoms with Crippen molar-refractivity contribution in [1.82, 2.24) is 15.2 Å². The van der Waals surface area contributed by atoms with Crippen molar-refractivity contribution < 1.29 is 42.9 Å². The van der Waals surface area contributed by atoms with Crippen LogP contribution in [0.3, 0.4) is 0 Å². The van der Waals surface area contributed by atoms with Crippen molar-refractivity contribution >= 4 is 63.5 Å². The molecule has 3 amide bonds. The summed E-state index contributed by atoms with van der Waals surface area (Å²) in [6.45, 7) is 7.35. The van der Waals surface area contributed by atoms with Gasteiger partial charge in [0.2, 0.25) is 5.91 Å². The number of rotatable bonds is 12. The molecule has 0 radical (unpaired) electrons. The first kappa shape index (κ1) is 48.3. The van der Waals surface area contributed by atoms with E-state index in [0.29, 0.717) is 45.2 Å². The van der Waals surface area contributed by atoms with Gasteiger partial charge in [-0.15, -0.1) is 0 Å². The Morgan fingerprint density at radius 2 is 1.58 bits per heavy atom. The number of hydrogen-bond acceptors (Lipinski definition) is 12. The number of carbonyl (C=O) groups is 4. The van der Waals surface area contributed by atoms with Crippen LogP contribution in [0.1, 0.15) is 75.6 Å². The Balaban J connectivity index is 1.03. The van der Waals surface area contributed by atoms with E-state index in [1.807, 2.05) is 78.9 Å². The molecule has 14 nitrogen and oxygen atoms in total. The van der Waals surface area contributed by atoms with Gasteiger partial charge in [0.1, 0.15) is 41.5 Å². The highest BCUT2D eigenvalue weighted by atomic mass is 35.5. The summed E-state index contributed by atoms with van der Waals surface area (Å²) in [5.41, 5.74) is 5.90. The fourth-order valence-electron chi connectivity index (χ4n) is 7.92. The second-order valence-electron chi connectivity index (χ2n) is 17.5. The number of thiazole rings is 1. The van der Waals surface area contributed by atoms with Crippen LogP contribution in [-0.4, -0.2) is 65.2 Å². The molecule has 2 aliphatic rings. The van der Waals surface area contributed by atoms with Gasteiger partial charge in [-0.3, -0.25) is 14.9 Å². The molecule has 0 saturated carbocycles. The number of aromatic nitrogens is 1. The minimum absolute atomic E-state index is 0.00963. The molecule has 1 aromatic heterocycles. The fourth-order valence-corrected chi connectivity index (χ4v) is 9.15. The lowest BCUT2D eigenvalue weighted by molar-refractivity contribution is -0.145. The molecule has 5 aromatic carbocycles. The minimum atomic E-state index is -1.10. The van der Waals surface area contributed by atoms with Crippen molar-refractivity contribution in [2.75, 3.05) is 19.0 Å². The number of methoxy groups -OCH3 is 1. The molecule has 8 rings (SSSR count). The van der Waals surface area contributed by atoms with Gasteiger partial charge in [0.15, 0.2) is 22.7 Å². The lowest BCUT2D eigenvalue weighted by Gasteiger charge is -2.37. The number of nitriles is 1. The van der Waals surface area contributed by atoms with E-state index in [-0.39, 0.29) is 36.0 Å². The van der Waals surface area contributed by atoms with Gasteiger partial charge in [-0.05, 0) is 115 Å². The molecule has 0 aliphatic carbocycles. The van der Waals surface area contributed by atoms with E-state index in [4.69, 9.17) is 46.9 Å². The third-order valence-corrected chi connectivity index (χ3v) is 13.2. The van der Waals surface area contributed by atoms with Gasteiger partial charge in [-0.25, -0.2) is 14.6 Å². The van der Waals surface area contributed by atoms with Crippen LogP contribution in [0.4, 0.5) is 9.93 Å². The third-order valence-electron chi connectivity index (χ3n) is 11.4. The number of hydrogen-bond donors (Lipinski definition) is 2. The monoisotopic (exact) mass is 987 g/mol. The van der Waals surface area contributed by atoms with Gasteiger partial charge >= 0.3 is 12.1 Å². The van der Waals surface area contributed by atoms with Crippen LogP contribution in [0.2, 0.25) is 10.0 Å². The molecular formula is C52H47Cl2N5O9S. The smallest absolute Gasteiger partial charge is 0.413 e. The number of benzene rings is 5. The maximum Gasteiger partial charge on any atom is 0.413 e. The summed E-state index contributed by atoms with van der Waals surface area (Å²) in [5, 5.41) is 15.8. The van der Waals surface area contributed by atoms with Gasteiger partial charge in [0.05, 0.1) is 34.5 Å². The van der Waals surface area contributed by atoms with Crippen LogP contribution in [0, 0.1) is 18.3 Å². The van der Waals surface area contributed by atoms with E-state index in [0.717, 1.165) is 50.3 Å². The SMILES string of the molecule is COC(=O)[C@H](Cc1ccc(-c2ccc(C#N)cc2)cc1)NC(=O)C1Cc2cc3c(cc2CN1C(=O)c1sc(NC(=O)OC(C)(C)C)nc1C)O[C@@H](c1ccc(OCc2ccc(Cl)c(Cl)c2)cc1)CO3. The maximum absolute atomic E-state index is 14.7. The van der Waals surface area contributed by atoms with E-state index in [1.165, 1.54) is 12.0 Å². The molecule has 2 aliphatic heterocycles. The van der Waals surface area contributed by atoms with Crippen molar-refractivity contribution in [2.24, 2.45) is 0 Å². The molecule has 0 bridgehead atoms. The predicted octanol–water partition coefficient (Wildman–Crippen LogP) is 10.2. The Morgan fingerprint density at radius 1 is 0.899 bits per heavy atom. The topological polar surface area (TPSA) is 178 Å². The first-order valence-corrected chi connectivity index (χ1v) is 23.5. The highest BCUT2D eigenvalue weighted by Gasteiger charge is 2.39. The molecule has 0 fully saturated rings. The molecule has 0 saturated heterocycles. The molecule has 3 heterocycles. The zero-order valence-corrected chi connectivity index (χ0v) is 40.6. The normalized spacial score (nSPS) is 15.5. The molecular weight excluding hydrogens is 942 g/mol. The highest BCUT2D eigenvalue weighted by Crippen LogP contribution is 2.42. The highest BCUT2D eigenvalue weighted by molar-refractivity contribution is 7.17. The molecule has 69 heavy (non-hydrogen) atoms. The molecule has 6 aromatic rings. The average molecular weight is 989 g/mol. The van der Waals surface area contributed by atoms with Crippen molar-refractivity contribution in [3.8, 4) is 34.4 Å². The van der Waals surface area contributed by atoms with Crippen LogP contribution >= 0.6 is 34.5 Å². The summed E-state index contributed by atoms with van der Waals surface area (Å²) in [6.07, 6.45) is -1.01. The van der Waals surface area contributed by atoms with E-state index < -0.39 is 47.7 Å². The summed E-state index contributed by atoms with van der Waals surface area (Å²) in [4.78, 5) is 61.4. The number of amides is 3. The number of fused-ring (bicyclic) bond motifs is 2. The summed E-state index contributed by atoms with van der Waals surface area (Å²) < 4.78 is 29.3. The summed E-state index contributed by atoms with van der Waals surface area (Å²) in [5.74, 6) is -0.143. The second-order valence-corrected chi connectivity index (χ2v) is 19.3. The fraction of sp³-hybridized carbons (Fsp3) is 0.269. The first-order valence-electron chi connectivity index (χ1n) is 21.9. The van der Waals surface area contributed by atoms with Gasteiger partial charge in [0.25, 0.3) is 5.91 Å². The van der Waals surface area contributed by atoms with Gasteiger partial charge in [-0.2, -0.15) is 5.26 Å². The van der Waals surface area contributed by atoms with E-state index in [2.05, 4.69) is 21.7 Å². The van der Waals surface area contributed by atoms with E-state index in [9.17, 15) is 24.4 Å².